The van der Waals surface area contributed by atoms with Gasteiger partial charge in [-0.2, -0.15) is 5.10 Å². The molecule has 1 aliphatic carbocycles. The fraction of sp³-hybridized carbons (Fsp3) is 0.520. The molecule has 0 radical (unpaired) electrons. The molecule has 2 heterocycles. The molecule has 172 valence electrons. The molecule has 1 aromatic heterocycles. The molecule has 2 aromatic rings. The first-order chi connectivity index (χ1) is 15.3. The maximum Gasteiger partial charge on any atom is 0.360 e. The van der Waals surface area contributed by atoms with Crippen LogP contribution in [0.15, 0.2) is 46.6 Å². The summed E-state index contributed by atoms with van der Waals surface area (Å²) in [7, 11) is 1.67. The topological polar surface area (TPSA) is 62.6 Å². The normalized spacial score (nSPS) is 29.4. The van der Waals surface area contributed by atoms with Crippen LogP contribution in [0, 0.1) is 23.2 Å². The Kier molecular flexibility index (Phi) is 6.50. The van der Waals surface area contributed by atoms with E-state index in [4.69, 9.17) is 14.2 Å². The van der Waals surface area contributed by atoms with Crippen LogP contribution in [0.2, 0.25) is 0 Å². The van der Waals surface area contributed by atoms with Gasteiger partial charge in [0.05, 0.1) is 24.3 Å². The largest absolute Gasteiger partial charge is 0.497 e. The van der Waals surface area contributed by atoms with E-state index < -0.39 is 5.97 Å². The van der Waals surface area contributed by atoms with Crippen molar-refractivity contribution in [2.24, 2.45) is 23.2 Å². The minimum Gasteiger partial charge on any atom is -0.497 e. The van der Waals surface area contributed by atoms with Gasteiger partial charge in [-0.1, -0.05) is 37.6 Å². The predicted molar refractivity (Wildman–Crippen MR) is 126 cm³/mol. The zero-order valence-corrected chi connectivity index (χ0v) is 20.9. The SMILES string of the molecule is CCn1cc(Br)c(C(=O)OC[C@]23CO[C@H](c4ccc(OC)cc4)[C@@H](C(C)=C[C@@H]2C)[C@H]3C)n1. The molecular weight excluding hydrogens is 472 g/mol. The Balaban J connectivity index is 1.56. The van der Waals surface area contributed by atoms with Crippen molar-refractivity contribution in [1.29, 1.82) is 0 Å². The number of rotatable bonds is 6. The Labute approximate surface area is 198 Å². The second-order valence-electron chi connectivity index (χ2n) is 9.01. The maximum atomic E-state index is 12.8. The summed E-state index contributed by atoms with van der Waals surface area (Å²) < 4.78 is 20.0. The standard InChI is InChI=1S/C25H31BrN2O4/c1-6-28-12-20(26)22(27-28)24(29)32-14-25-13-31-23(18-7-9-19(30-5)10-8-18)21(17(25)4)15(2)11-16(25)3/h7-12,16-17,21,23H,6,13-14H2,1-5H3/t16-,17+,21-,23+,25+/m0/s1. The number of allylic oxidation sites excluding steroid dienone is 1. The first-order valence-corrected chi connectivity index (χ1v) is 11.9. The van der Waals surface area contributed by atoms with Crippen molar-refractivity contribution in [1.82, 2.24) is 9.78 Å². The third-order valence-corrected chi connectivity index (χ3v) is 7.98. The van der Waals surface area contributed by atoms with Crippen LogP contribution in [0.25, 0.3) is 0 Å². The Morgan fingerprint density at radius 2 is 2.03 bits per heavy atom. The molecule has 0 spiro atoms. The first kappa shape index (κ1) is 23.1. The highest BCUT2D eigenvalue weighted by molar-refractivity contribution is 9.10. The van der Waals surface area contributed by atoms with E-state index in [2.05, 4.69) is 60.0 Å². The molecule has 0 saturated carbocycles. The molecule has 1 aliphatic heterocycles. The van der Waals surface area contributed by atoms with Crippen molar-refractivity contribution < 1.29 is 19.0 Å². The fourth-order valence-electron chi connectivity index (χ4n) is 5.32. The van der Waals surface area contributed by atoms with E-state index >= 15 is 0 Å². The van der Waals surface area contributed by atoms with Gasteiger partial charge in [-0.25, -0.2) is 4.79 Å². The van der Waals surface area contributed by atoms with Gasteiger partial charge in [-0.05, 0) is 59.3 Å². The quantitative estimate of drug-likeness (QED) is 0.388. The summed E-state index contributed by atoms with van der Waals surface area (Å²) in [5, 5.41) is 4.33. The van der Waals surface area contributed by atoms with Crippen molar-refractivity contribution in [2.45, 2.75) is 40.3 Å². The molecule has 2 aliphatic rings. The molecule has 0 unspecified atom stereocenters. The Morgan fingerprint density at radius 3 is 2.66 bits per heavy atom. The number of nitrogens with zero attached hydrogens (tertiary/aromatic N) is 2. The molecule has 0 amide bonds. The Bertz CT molecular complexity index is 1020. The van der Waals surface area contributed by atoms with Crippen LogP contribution in [0.3, 0.4) is 0 Å². The second kappa shape index (κ2) is 9.02. The van der Waals surface area contributed by atoms with Crippen LogP contribution in [0.1, 0.15) is 49.9 Å². The lowest BCUT2D eigenvalue weighted by Crippen LogP contribution is -2.54. The average Bonchev–Trinajstić information content (AvgIpc) is 3.17. The molecule has 1 aromatic carbocycles. The monoisotopic (exact) mass is 502 g/mol. The van der Waals surface area contributed by atoms with Crippen molar-refractivity contribution in [3.63, 3.8) is 0 Å². The number of benzene rings is 1. The summed E-state index contributed by atoms with van der Waals surface area (Å²) in [5.41, 5.74) is 2.51. The zero-order valence-electron chi connectivity index (χ0n) is 19.3. The van der Waals surface area contributed by atoms with E-state index in [1.807, 2.05) is 19.1 Å². The second-order valence-corrected chi connectivity index (χ2v) is 9.86. The lowest BCUT2D eigenvalue weighted by molar-refractivity contribution is -0.166. The number of carbonyl (C=O) groups excluding carboxylic acids is 1. The van der Waals surface area contributed by atoms with Crippen LogP contribution in [-0.2, 0) is 16.0 Å². The van der Waals surface area contributed by atoms with E-state index in [-0.39, 0.29) is 29.3 Å². The molecule has 4 rings (SSSR count). The van der Waals surface area contributed by atoms with Crippen LogP contribution in [-0.4, -0.2) is 36.1 Å². The molecule has 2 bridgehead atoms. The van der Waals surface area contributed by atoms with Gasteiger partial charge in [0.1, 0.15) is 12.4 Å². The minimum atomic E-state index is -0.405. The van der Waals surface area contributed by atoms with Gasteiger partial charge in [-0.3, -0.25) is 4.68 Å². The zero-order chi connectivity index (χ0) is 23.0. The molecule has 5 atom stereocenters. The lowest BCUT2D eigenvalue weighted by atomic mass is 9.56. The highest BCUT2D eigenvalue weighted by atomic mass is 79.9. The van der Waals surface area contributed by atoms with Crippen molar-refractivity contribution >= 4 is 21.9 Å². The highest BCUT2D eigenvalue weighted by Gasteiger charge is 2.54. The minimum absolute atomic E-state index is 0.0297. The van der Waals surface area contributed by atoms with Crippen LogP contribution >= 0.6 is 15.9 Å². The lowest BCUT2D eigenvalue weighted by Gasteiger charge is -2.55. The third kappa shape index (κ3) is 3.90. The molecule has 1 fully saturated rings. The third-order valence-electron chi connectivity index (χ3n) is 7.40. The van der Waals surface area contributed by atoms with Gasteiger partial charge in [0, 0.05) is 24.1 Å². The molecule has 32 heavy (non-hydrogen) atoms. The first-order valence-electron chi connectivity index (χ1n) is 11.1. The van der Waals surface area contributed by atoms with Crippen LogP contribution in [0.4, 0.5) is 0 Å². The average molecular weight is 503 g/mol. The summed E-state index contributed by atoms with van der Waals surface area (Å²) in [6.45, 7) is 10.2. The van der Waals surface area contributed by atoms with Crippen molar-refractivity contribution in [3.8, 4) is 5.75 Å². The van der Waals surface area contributed by atoms with Crippen LogP contribution in [0.5, 0.6) is 5.75 Å². The summed E-state index contributed by atoms with van der Waals surface area (Å²) >= 11 is 3.42. The van der Waals surface area contributed by atoms with E-state index in [9.17, 15) is 4.79 Å². The summed E-state index contributed by atoms with van der Waals surface area (Å²) in [5.74, 6) is 1.17. The summed E-state index contributed by atoms with van der Waals surface area (Å²) in [6.07, 6.45) is 4.10. The number of fused-ring (bicyclic) bond motifs is 2. The number of hydrogen-bond donors (Lipinski definition) is 0. The predicted octanol–water partition coefficient (Wildman–Crippen LogP) is 5.44. The number of halogens is 1. The van der Waals surface area contributed by atoms with Crippen LogP contribution < -0.4 is 4.74 Å². The van der Waals surface area contributed by atoms with Gasteiger partial charge < -0.3 is 14.2 Å². The Hall–Kier alpha value is -2.12. The highest BCUT2D eigenvalue weighted by Crippen LogP contribution is 2.56. The summed E-state index contributed by atoms with van der Waals surface area (Å²) in [4.78, 5) is 12.8. The molecular formula is C25H31BrN2O4. The smallest absolute Gasteiger partial charge is 0.360 e. The maximum absolute atomic E-state index is 12.8. The molecule has 6 nitrogen and oxygen atoms in total. The number of ether oxygens (including phenoxy) is 3. The molecule has 0 N–H and O–H groups in total. The van der Waals surface area contributed by atoms with Gasteiger partial charge >= 0.3 is 5.97 Å². The van der Waals surface area contributed by atoms with E-state index in [0.29, 0.717) is 29.9 Å². The number of carbonyl (C=O) groups is 1. The van der Waals surface area contributed by atoms with Crippen molar-refractivity contribution in [2.75, 3.05) is 20.3 Å². The molecule has 1 saturated heterocycles. The number of aryl methyl sites for hydroxylation is 1. The molecule has 7 heteroatoms. The van der Waals surface area contributed by atoms with E-state index in [1.54, 1.807) is 18.0 Å². The van der Waals surface area contributed by atoms with E-state index in [0.717, 1.165) is 11.3 Å². The fourth-order valence-corrected chi connectivity index (χ4v) is 5.80. The van der Waals surface area contributed by atoms with E-state index in [1.165, 1.54) is 5.57 Å². The van der Waals surface area contributed by atoms with Gasteiger partial charge in [0.2, 0.25) is 0 Å². The number of methoxy groups -OCH3 is 1. The number of esters is 1. The van der Waals surface area contributed by atoms with Gasteiger partial charge in [0.15, 0.2) is 5.69 Å². The Morgan fingerprint density at radius 1 is 1.31 bits per heavy atom. The number of aromatic nitrogens is 2. The van der Waals surface area contributed by atoms with Gasteiger partial charge in [-0.15, -0.1) is 0 Å². The summed E-state index contributed by atoms with van der Waals surface area (Å²) in [6, 6.07) is 8.11. The van der Waals surface area contributed by atoms with Crippen molar-refractivity contribution in [3.05, 3.63) is 57.8 Å². The number of hydrogen-bond acceptors (Lipinski definition) is 5. The van der Waals surface area contributed by atoms with Gasteiger partial charge in [0.25, 0.3) is 0 Å².